The van der Waals surface area contributed by atoms with Crippen LogP contribution in [0.1, 0.15) is 16.9 Å². The van der Waals surface area contributed by atoms with E-state index < -0.39 is 0 Å². The molecule has 2 aromatic rings. The third-order valence-electron chi connectivity index (χ3n) is 4.32. The van der Waals surface area contributed by atoms with Crippen molar-refractivity contribution in [3.63, 3.8) is 0 Å². The first-order valence-corrected chi connectivity index (χ1v) is 7.84. The molecule has 1 saturated heterocycles. The number of H-pyrrole nitrogens is 1. The summed E-state index contributed by atoms with van der Waals surface area (Å²) in [5.74, 6) is 1.40. The molecule has 7 nitrogen and oxygen atoms in total. The highest BCUT2D eigenvalue weighted by molar-refractivity contribution is 5.93. The van der Waals surface area contributed by atoms with E-state index in [-0.39, 0.29) is 18.4 Å². The number of nitrogens with one attached hydrogen (secondary N) is 1. The van der Waals surface area contributed by atoms with Crippen LogP contribution in [0.4, 0.5) is 0 Å². The fourth-order valence-electron chi connectivity index (χ4n) is 2.92. The van der Waals surface area contributed by atoms with Crippen LogP contribution in [-0.2, 0) is 0 Å². The third-order valence-corrected chi connectivity index (χ3v) is 4.32. The van der Waals surface area contributed by atoms with Crippen molar-refractivity contribution in [2.24, 2.45) is 5.92 Å². The van der Waals surface area contributed by atoms with Gasteiger partial charge in [0.05, 0.1) is 19.9 Å². The number of rotatable bonds is 5. The van der Waals surface area contributed by atoms with E-state index in [9.17, 15) is 9.90 Å². The van der Waals surface area contributed by atoms with Crippen molar-refractivity contribution in [2.75, 3.05) is 33.9 Å². The average Bonchev–Trinajstić information content (AvgIpc) is 3.29. The van der Waals surface area contributed by atoms with Crippen LogP contribution in [0.5, 0.6) is 11.5 Å². The molecule has 24 heavy (non-hydrogen) atoms. The van der Waals surface area contributed by atoms with Crippen molar-refractivity contribution >= 4 is 5.91 Å². The van der Waals surface area contributed by atoms with Gasteiger partial charge in [-0.1, -0.05) is 0 Å². The molecule has 0 radical (unpaired) electrons. The van der Waals surface area contributed by atoms with Gasteiger partial charge in [-0.15, -0.1) is 0 Å². The topological polar surface area (TPSA) is 87.7 Å². The van der Waals surface area contributed by atoms with Gasteiger partial charge in [0.1, 0.15) is 17.2 Å². The molecule has 2 heterocycles. The van der Waals surface area contributed by atoms with Crippen LogP contribution in [0, 0.1) is 5.92 Å². The molecule has 1 amide bonds. The molecular weight excluding hydrogens is 310 g/mol. The lowest BCUT2D eigenvalue weighted by Crippen LogP contribution is -2.29. The Kier molecular flexibility index (Phi) is 4.71. The molecule has 2 N–H and O–H groups in total. The summed E-state index contributed by atoms with van der Waals surface area (Å²) in [5.41, 5.74) is 1.79. The van der Waals surface area contributed by atoms with Crippen molar-refractivity contribution in [1.29, 1.82) is 0 Å². The van der Waals surface area contributed by atoms with E-state index >= 15 is 0 Å². The normalized spacial score (nSPS) is 17.1. The quantitative estimate of drug-likeness (QED) is 0.868. The Morgan fingerprint density at radius 3 is 2.88 bits per heavy atom. The number of aromatic nitrogens is 2. The van der Waals surface area contributed by atoms with Gasteiger partial charge in [-0.2, -0.15) is 5.10 Å². The summed E-state index contributed by atoms with van der Waals surface area (Å²) in [4.78, 5) is 14.3. The fourth-order valence-corrected chi connectivity index (χ4v) is 2.92. The van der Waals surface area contributed by atoms with Crippen molar-refractivity contribution in [2.45, 2.75) is 6.42 Å². The number of methoxy groups -OCH3 is 2. The molecule has 7 heteroatoms. The Hall–Kier alpha value is -2.54. The summed E-state index contributed by atoms with van der Waals surface area (Å²) in [5, 5.41) is 16.3. The number of ether oxygens (including phenoxy) is 2. The Morgan fingerprint density at radius 2 is 2.21 bits per heavy atom. The first-order chi connectivity index (χ1) is 11.7. The molecule has 128 valence electrons. The predicted octanol–water partition coefficient (Wildman–Crippen LogP) is 1.55. The highest BCUT2D eigenvalue weighted by Crippen LogP contribution is 2.32. The van der Waals surface area contributed by atoms with Crippen LogP contribution in [0.2, 0.25) is 0 Å². The maximum Gasteiger partial charge on any atom is 0.271 e. The van der Waals surface area contributed by atoms with Crippen LogP contribution in [0.15, 0.2) is 24.3 Å². The summed E-state index contributed by atoms with van der Waals surface area (Å²) in [6, 6.07) is 7.14. The summed E-state index contributed by atoms with van der Waals surface area (Å²) in [6.45, 7) is 1.34. The van der Waals surface area contributed by atoms with Gasteiger partial charge in [0.25, 0.3) is 5.91 Å². The molecule has 0 spiro atoms. The van der Waals surface area contributed by atoms with E-state index in [0.29, 0.717) is 36.0 Å². The smallest absolute Gasteiger partial charge is 0.271 e. The van der Waals surface area contributed by atoms with Crippen molar-refractivity contribution < 1.29 is 19.4 Å². The number of carbonyl (C=O) groups is 1. The molecule has 1 fully saturated rings. The second kappa shape index (κ2) is 6.92. The van der Waals surface area contributed by atoms with E-state index in [2.05, 4.69) is 10.2 Å². The van der Waals surface area contributed by atoms with E-state index in [1.807, 2.05) is 6.07 Å². The molecule has 1 unspecified atom stereocenters. The second-order valence-electron chi connectivity index (χ2n) is 5.82. The van der Waals surface area contributed by atoms with Gasteiger partial charge in [0.2, 0.25) is 0 Å². The van der Waals surface area contributed by atoms with Crippen LogP contribution < -0.4 is 9.47 Å². The summed E-state index contributed by atoms with van der Waals surface area (Å²) in [7, 11) is 3.18. The van der Waals surface area contributed by atoms with E-state index in [0.717, 1.165) is 12.0 Å². The first kappa shape index (κ1) is 16.3. The lowest BCUT2D eigenvalue weighted by molar-refractivity contribution is 0.0776. The summed E-state index contributed by atoms with van der Waals surface area (Å²) in [6.07, 6.45) is 0.826. The van der Waals surface area contributed by atoms with E-state index in [1.165, 1.54) is 0 Å². The van der Waals surface area contributed by atoms with Gasteiger partial charge in [-0.3, -0.25) is 9.89 Å². The van der Waals surface area contributed by atoms with Crippen molar-refractivity contribution in [1.82, 2.24) is 15.1 Å². The number of aliphatic hydroxyl groups is 1. The number of carbonyl (C=O) groups excluding carboxylic acids is 1. The number of nitrogens with zero attached hydrogens (tertiary/aromatic N) is 2. The minimum absolute atomic E-state index is 0.105. The van der Waals surface area contributed by atoms with Gasteiger partial charge in [-0.25, -0.2) is 0 Å². The number of aliphatic hydroxyl groups excluding tert-OH is 1. The van der Waals surface area contributed by atoms with Crippen LogP contribution in [0.25, 0.3) is 11.3 Å². The molecule has 0 saturated carbocycles. The lowest BCUT2D eigenvalue weighted by atomic mass is 10.1. The zero-order valence-corrected chi connectivity index (χ0v) is 13.8. The minimum atomic E-state index is -0.105. The second-order valence-corrected chi connectivity index (χ2v) is 5.82. The molecule has 0 aliphatic carbocycles. The summed E-state index contributed by atoms with van der Waals surface area (Å²) >= 11 is 0. The largest absolute Gasteiger partial charge is 0.497 e. The van der Waals surface area contributed by atoms with E-state index in [1.54, 1.807) is 37.3 Å². The zero-order chi connectivity index (χ0) is 17.1. The molecule has 3 rings (SSSR count). The number of benzene rings is 1. The highest BCUT2D eigenvalue weighted by Gasteiger charge is 2.27. The average molecular weight is 331 g/mol. The fraction of sp³-hybridized carbons (Fsp3) is 0.412. The molecule has 1 aliphatic rings. The maximum atomic E-state index is 12.5. The zero-order valence-electron chi connectivity index (χ0n) is 13.8. The highest BCUT2D eigenvalue weighted by atomic mass is 16.5. The lowest BCUT2D eigenvalue weighted by Gasteiger charge is -2.14. The van der Waals surface area contributed by atoms with Gasteiger partial charge in [-0.05, 0) is 30.7 Å². The Labute approximate surface area is 140 Å². The van der Waals surface area contributed by atoms with Crippen LogP contribution >= 0.6 is 0 Å². The molecule has 1 atom stereocenters. The Balaban J connectivity index is 1.84. The molecule has 0 bridgehead atoms. The van der Waals surface area contributed by atoms with Crippen LogP contribution in [-0.4, -0.2) is 60.0 Å². The molecule has 1 aromatic carbocycles. The number of likely N-dealkylation sites (tertiary alicyclic amines) is 1. The van der Waals surface area contributed by atoms with Gasteiger partial charge in [0.15, 0.2) is 0 Å². The monoisotopic (exact) mass is 331 g/mol. The summed E-state index contributed by atoms with van der Waals surface area (Å²) < 4.78 is 10.6. The van der Waals surface area contributed by atoms with E-state index in [4.69, 9.17) is 9.47 Å². The maximum absolute atomic E-state index is 12.5. The number of hydrogen-bond donors (Lipinski definition) is 2. The first-order valence-electron chi connectivity index (χ1n) is 7.84. The number of amides is 1. The standard InChI is InChI=1S/C17H21N3O4/c1-23-12-3-4-16(24-2)13(7-12)14-8-15(19-18-14)17(22)20-6-5-11(9-20)10-21/h3-4,7-8,11,21H,5-6,9-10H2,1-2H3,(H,18,19). The van der Waals surface area contributed by atoms with Crippen molar-refractivity contribution in [3.8, 4) is 22.8 Å². The Bertz CT molecular complexity index is 728. The predicted molar refractivity (Wildman–Crippen MR) is 88.2 cm³/mol. The SMILES string of the molecule is COc1ccc(OC)c(-c2cc(C(=O)N3CCC(CO)C3)[nH]n2)c1. The van der Waals surface area contributed by atoms with Crippen LogP contribution in [0.3, 0.4) is 0 Å². The molecular formula is C17H21N3O4. The molecule has 1 aromatic heterocycles. The third kappa shape index (κ3) is 3.07. The van der Waals surface area contributed by atoms with Gasteiger partial charge in [0, 0.05) is 31.2 Å². The van der Waals surface area contributed by atoms with Crippen molar-refractivity contribution in [3.05, 3.63) is 30.0 Å². The Morgan fingerprint density at radius 1 is 1.38 bits per heavy atom. The number of aromatic amines is 1. The number of hydrogen-bond acceptors (Lipinski definition) is 5. The molecule has 1 aliphatic heterocycles. The van der Waals surface area contributed by atoms with Gasteiger partial charge >= 0.3 is 0 Å². The van der Waals surface area contributed by atoms with Gasteiger partial charge < -0.3 is 19.5 Å². The minimum Gasteiger partial charge on any atom is -0.497 e.